The zero-order valence-corrected chi connectivity index (χ0v) is 16.4. The Hall–Kier alpha value is -3.00. The molecule has 1 heterocycles. The van der Waals surface area contributed by atoms with E-state index in [1.165, 1.54) is 18.2 Å². The van der Waals surface area contributed by atoms with Crippen LogP contribution in [0.3, 0.4) is 0 Å². The highest BCUT2D eigenvalue weighted by molar-refractivity contribution is 6.08. The molecule has 1 aromatic carbocycles. The van der Waals surface area contributed by atoms with Crippen molar-refractivity contribution >= 4 is 23.3 Å². The number of H-pyrrole nitrogens is 1. The number of carbonyl (C=O) groups is 3. The summed E-state index contributed by atoms with van der Waals surface area (Å²) in [6.07, 6.45) is 0. The summed E-state index contributed by atoms with van der Waals surface area (Å²) in [5.74, 6) is -1.60. The van der Waals surface area contributed by atoms with Crippen molar-refractivity contribution in [3.63, 3.8) is 0 Å². The number of amides is 1. The number of esters is 1. The Kier molecular flexibility index (Phi) is 7.06. The van der Waals surface area contributed by atoms with E-state index >= 15 is 0 Å². The fourth-order valence-electron chi connectivity index (χ4n) is 3.06. The number of Topliss-reactive ketones (excluding diaryl/α,β-unsaturated/α-hetero) is 1. The van der Waals surface area contributed by atoms with Crippen LogP contribution in [0.25, 0.3) is 0 Å². The fraction of sp³-hybridized carbons (Fsp3) is 0.350. The van der Waals surface area contributed by atoms with Crippen LogP contribution in [0.2, 0.25) is 0 Å². The fourth-order valence-corrected chi connectivity index (χ4v) is 3.06. The SMILES string of the molecule is CCOC(=O)c1c(C)[nH]c(C)c1C(=O)C[NH+](C)CC(=O)Nc1cccc(F)c1. The maximum absolute atomic E-state index is 13.2. The third-order valence-corrected chi connectivity index (χ3v) is 4.17. The molecule has 1 atom stereocenters. The van der Waals surface area contributed by atoms with Crippen LogP contribution in [0, 0.1) is 19.7 Å². The van der Waals surface area contributed by atoms with E-state index in [1.807, 2.05) is 0 Å². The van der Waals surface area contributed by atoms with Crippen molar-refractivity contribution in [3.8, 4) is 0 Å². The van der Waals surface area contributed by atoms with Gasteiger partial charge < -0.3 is 19.9 Å². The summed E-state index contributed by atoms with van der Waals surface area (Å²) in [6.45, 7) is 5.36. The summed E-state index contributed by atoms with van der Waals surface area (Å²) < 4.78 is 18.2. The predicted octanol–water partition coefficient (Wildman–Crippen LogP) is 1.28. The average Bonchev–Trinajstić information content (AvgIpc) is 2.88. The number of aromatic amines is 1. The van der Waals surface area contributed by atoms with E-state index < -0.39 is 11.8 Å². The first kappa shape index (κ1) is 21.3. The second-order valence-corrected chi connectivity index (χ2v) is 6.64. The molecular weight excluding hydrogens is 365 g/mol. The number of aryl methyl sites for hydroxylation is 2. The van der Waals surface area contributed by atoms with Crippen LogP contribution in [0.5, 0.6) is 0 Å². The van der Waals surface area contributed by atoms with Crippen molar-refractivity contribution in [2.24, 2.45) is 0 Å². The Morgan fingerprint density at radius 3 is 2.46 bits per heavy atom. The zero-order valence-electron chi connectivity index (χ0n) is 16.4. The van der Waals surface area contributed by atoms with Gasteiger partial charge in [-0.25, -0.2) is 9.18 Å². The van der Waals surface area contributed by atoms with Gasteiger partial charge in [-0.2, -0.15) is 0 Å². The normalized spacial score (nSPS) is 11.8. The largest absolute Gasteiger partial charge is 0.462 e. The molecule has 150 valence electrons. The molecule has 3 N–H and O–H groups in total. The summed E-state index contributed by atoms with van der Waals surface area (Å²) in [7, 11) is 1.70. The second-order valence-electron chi connectivity index (χ2n) is 6.64. The number of ether oxygens (including phenoxy) is 1. The molecular formula is C20H25FN3O4+. The smallest absolute Gasteiger partial charge is 0.340 e. The van der Waals surface area contributed by atoms with Gasteiger partial charge in [-0.05, 0) is 39.0 Å². The number of ketones is 1. The molecule has 1 unspecified atom stereocenters. The quantitative estimate of drug-likeness (QED) is 0.468. The Morgan fingerprint density at radius 2 is 1.82 bits per heavy atom. The molecule has 0 spiro atoms. The van der Waals surface area contributed by atoms with Gasteiger partial charge >= 0.3 is 5.97 Å². The molecule has 0 radical (unpaired) electrons. The van der Waals surface area contributed by atoms with E-state index in [2.05, 4.69) is 10.3 Å². The third-order valence-electron chi connectivity index (χ3n) is 4.17. The minimum Gasteiger partial charge on any atom is -0.462 e. The monoisotopic (exact) mass is 390 g/mol. The minimum absolute atomic E-state index is 0.0133. The van der Waals surface area contributed by atoms with Crippen molar-refractivity contribution in [3.05, 3.63) is 52.6 Å². The van der Waals surface area contributed by atoms with Gasteiger partial charge in [0.15, 0.2) is 6.54 Å². The van der Waals surface area contributed by atoms with Crippen LogP contribution < -0.4 is 10.2 Å². The predicted molar refractivity (Wildman–Crippen MR) is 102 cm³/mol. The molecule has 0 aliphatic rings. The van der Waals surface area contributed by atoms with Crippen LogP contribution in [0.15, 0.2) is 24.3 Å². The molecule has 2 aromatic rings. The highest BCUT2D eigenvalue weighted by Gasteiger charge is 2.27. The summed E-state index contributed by atoms with van der Waals surface area (Å²) in [5, 5.41) is 2.60. The van der Waals surface area contributed by atoms with Gasteiger partial charge in [-0.15, -0.1) is 0 Å². The second kappa shape index (κ2) is 9.27. The van der Waals surface area contributed by atoms with Gasteiger partial charge in [-0.3, -0.25) is 9.59 Å². The van der Waals surface area contributed by atoms with Gasteiger partial charge in [-0.1, -0.05) is 6.07 Å². The number of hydrogen-bond acceptors (Lipinski definition) is 4. The summed E-state index contributed by atoms with van der Waals surface area (Å²) in [4.78, 5) is 40.7. The number of halogens is 1. The van der Waals surface area contributed by atoms with Crippen molar-refractivity contribution in [1.82, 2.24) is 4.98 Å². The Morgan fingerprint density at radius 1 is 1.14 bits per heavy atom. The van der Waals surface area contributed by atoms with Crippen LogP contribution in [0.1, 0.15) is 39.0 Å². The van der Waals surface area contributed by atoms with Gasteiger partial charge in [0.05, 0.1) is 24.8 Å². The van der Waals surface area contributed by atoms with Crippen LogP contribution in [-0.4, -0.2) is 49.4 Å². The number of carbonyl (C=O) groups excluding carboxylic acids is 3. The number of nitrogens with one attached hydrogen (secondary N) is 3. The standard InChI is InChI=1S/C20H24FN3O4/c1-5-28-20(27)19-13(3)22-12(2)18(19)16(25)10-24(4)11-17(26)23-15-8-6-7-14(21)9-15/h6-9,22H,5,10-11H2,1-4H3,(H,23,26)/p+1. The lowest BCUT2D eigenvalue weighted by Crippen LogP contribution is -3.11. The summed E-state index contributed by atoms with van der Waals surface area (Å²) >= 11 is 0. The number of likely N-dealkylation sites (N-methyl/N-ethyl adjacent to an activating group) is 1. The first-order valence-electron chi connectivity index (χ1n) is 8.99. The molecule has 1 amide bonds. The molecule has 28 heavy (non-hydrogen) atoms. The lowest BCUT2D eigenvalue weighted by molar-refractivity contribution is -0.861. The van der Waals surface area contributed by atoms with Crippen molar-refractivity contribution in [2.75, 3.05) is 32.1 Å². The maximum Gasteiger partial charge on any atom is 0.340 e. The Labute approximate surface area is 162 Å². The van der Waals surface area contributed by atoms with Crippen molar-refractivity contribution in [1.29, 1.82) is 0 Å². The maximum atomic E-state index is 13.2. The molecule has 0 aliphatic carbocycles. The number of aromatic nitrogens is 1. The summed E-state index contributed by atoms with van der Waals surface area (Å²) in [6, 6.07) is 5.59. The highest BCUT2D eigenvalue weighted by atomic mass is 19.1. The molecule has 0 fully saturated rings. The first-order chi connectivity index (χ1) is 13.2. The number of anilines is 1. The van der Waals surface area contributed by atoms with Crippen LogP contribution in [-0.2, 0) is 9.53 Å². The van der Waals surface area contributed by atoms with E-state index in [4.69, 9.17) is 4.74 Å². The molecule has 0 aliphatic heterocycles. The molecule has 1 aromatic heterocycles. The van der Waals surface area contributed by atoms with Gasteiger partial charge in [0.25, 0.3) is 5.91 Å². The topological polar surface area (TPSA) is 92.7 Å². The van der Waals surface area contributed by atoms with Gasteiger partial charge in [0, 0.05) is 17.1 Å². The number of rotatable bonds is 8. The first-order valence-corrected chi connectivity index (χ1v) is 8.99. The molecule has 0 saturated heterocycles. The lowest BCUT2D eigenvalue weighted by atomic mass is 10.0. The van der Waals surface area contributed by atoms with E-state index in [-0.39, 0.29) is 37.0 Å². The van der Waals surface area contributed by atoms with Gasteiger partial charge in [0.2, 0.25) is 5.78 Å². The minimum atomic E-state index is -0.547. The highest BCUT2D eigenvalue weighted by Crippen LogP contribution is 2.19. The third kappa shape index (κ3) is 5.26. The Bertz CT molecular complexity index is 892. The molecule has 0 saturated carbocycles. The van der Waals surface area contributed by atoms with E-state index in [1.54, 1.807) is 33.9 Å². The lowest BCUT2D eigenvalue weighted by Gasteiger charge is -2.14. The summed E-state index contributed by atoms with van der Waals surface area (Å²) in [5.41, 5.74) is 2.04. The number of quaternary nitrogens is 1. The number of benzene rings is 1. The van der Waals surface area contributed by atoms with Crippen molar-refractivity contribution < 1.29 is 28.4 Å². The van der Waals surface area contributed by atoms with E-state index in [9.17, 15) is 18.8 Å². The molecule has 7 nitrogen and oxygen atoms in total. The van der Waals surface area contributed by atoms with Gasteiger partial charge in [0.1, 0.15) is 12.4 Å². The van der Waals surface area contributed by atoms with E-state index in [0.29, 0.717) is 27.5 Å². The van der Waals surface area contributed by atoms with E-state index in [0.717, 1.165) is 0 Å². The molecule has 8 heteroatoms. The Balaban J connectivity index is 2.04. The van der Waals surface area contributed by atoms with Crippen LogP contribution >= 0.6 is 0 Å². The molecule has 2 rings (SSSR count). The zero-order chi connectivity index (χ0) is 20.8. The molecule has 0 bridgehead atoms. The van der Waals surface area contributed by atoms with Crippen molar-refractivity contribution in [2.45, 2.75) is 20.8 Å². The number of hydrogen-bond donors (Lipinski definition) is 3. The average molecular weight is 390 g/mol. The van der Waals surface area contributed by atoms with Crippen LogP contribution in [0.4, 0.5) is 10.1 Å².